The molecule has 3 N–H and O–H groups in total. The van der Waals surface area contributed by atoms with Gasteiger partial charge < -0.3 is 25.5 Å². The van der Waals surface area contributed by atoms with E-state index in [1.54, 1.807) is 24.0 Å². The number of carbonyl (C=O) groups is 2. The second-order valence-corrected chi connectivity index (χ2v) is 6.52. The highest BCUT2D eigenvalue weighted by atomic mass is 16.3. The van der Waals surface area contributed by atoms with Crippen LogP contribution in [0.1, 0.15) is 6.92 Å². The first-order valence-electron chi connectivity index (χ1n) is 8.98. The van der Waals surface area contributed by atoms with Crippen molar-refractivity contribution in [1.82, 2.24) is 10.2 Å². The average Bonchev–Trinajstić information content (AvgIpc) is 2.70. The van der Waals surface area contributed by atoms with Crippen LogP contribution in [-0.2, 0) is 4.79 Å². The topological polar surface area (TPSA) is 84.9 Å². The van der Waals surface area contributed by atoms with Crippen molar-refractivity contribution >= 4 is 23.3 Å². The molecule has 2 aromatic rings. The second-order valence-electron chi connectivity index (χ2n) is 6.52. The highest BCUT2D eigenvalue weighted by Crippen LogP contribution is 2.16. The summed E-state index contributed by atoms with van der Waals surface area (Å²) in [6, 6.07) is 15.4. The van der Waals surface area contributed by atoms with Gasteiger partial charge in [0.05, 0.1) is 0 Å². The van der Waals surface area contributed by atoms with E-state index in [-0.39, 0.29) is 17.7 Å². The smallest absolute Gasteiger partial charge is 0.318 e. The van der Waals surface area contributed by atoms with Crippen LogP contribution in [-0.4, -0.2) is 54.2 Å². The van der Waals surface area contributed by atoms with E-state index in [9.17, 15) is 14.7 Å². The van der Waals surface area contributed by atoms with Gasteiger partial charge in [-0.15, -0.1) is 0 Å². The summed E-state index contributed by atoms with van der Waals surface area (Å²) in [6.45, 7) is 4.37. The standard InChI is InChI=1S/C20H24N4O3/c1-15(19(26)22-16-7-9-18(25)10-8-16)21-20(27)24-13-11-23(12-14-24)17-5-3-2-4-6-17/h2-10,15,25H,11-14H2,1H3,(H,21,27)(H,22,26). The van der Waals surface area contributed by atoms with Crippen LogP contribution < -0.4 is 15.5 Å². The minimum absolute atomic E-state index is 0.129. The summed E-state index contributed by atoms with van der Waals surface area (Å²) in [6.07, 6.45) is 0. The fourth-order valence-corrected chi connectivity index (χ4v) is 2.94. The molecule has 1 fully saturated rings. The van der Waals surface area contributed by atoms with Crippen LogP contribution >= 0.6 is 0 Å². The van der Waals surface area contributed by atoms with Gasteiger partial charge in [-0.3, -0.25) is 4.79 Å². The van der Waals surface area contributed by atoms with E-state index in [1.165, 1.54) is 12.1 Å². The van der Waals surface area contributed by atoms with Gasteiger partial charge in [-0.2, -0.15) is 0 Å². The lowest BCUT2D eigenvalue weighted by Gasteiger charge is -2.36. The Labute approximate surface area is 158 Å². The normalized spacial score (nSPS) is 15.1. The van der Waals surface area contributed by atoms with Crippen LogP contribution in [0.15, 0.2) is 54.6 Å². The van der Waals surface area contributed by atoms with Crippen molar-refractivity contribution in [3.05, 3.63) is 54.6 Å². The molecule has 3 amide bonds. The number of rotatable bonds is 4. The first-order chi connectivity index (χ1) is 13.0. The number of nitrogens with zero attached hydrogens (tertiary/aromatic N) is 2. The van der Waals surface area contributed by atoms with Crippen molar-refractivity contribution in [3.63, 3.8) is 0 Å². The van der Waals surface area contributed by atoms with Crippen molar-refractivity contribution in [2.24, 2.45) is 0 Å². The summed E-state index contributed by atoms with van der Waals surface area (Å²) >= 11 is 0. The van der Waals surface area contributed by atoms with Crippen LogP contribution in [0.2, 0.25) is 0 Å². The molecular formula is C20H24N4O3. The largest absolute Gasteiger partial charge is 0.508 e. The molecule has 1 unspecified atom stereocenters. The first-order valence-corrected chi connectivity index (χ1v) is 8.98. The lowest BCUT2D eigenvalue weighted by Crippen LogP contribution is -2.54. The molecule has 7 heteroatoms. The van der Waals surface area contributed by atoms with Crippen molar-refractivity contribution in [2.75, 3.05) is 36.4 Å². The molecule has 1 atom stereocenters. The van der Waals surface area contributed by atoms with E-state index in [1.807, 2.05) is 18.2 Å². The zero-order valence-corrected chi connectivity index (χ0v) is 15.3. The van der Waals surface area contributed by atoms with E-state index >= 15 is 0 Å². The number of phenolic OH excluding ortho intramolecular Hbond substituents is 1. The summed E-state index contributed by atoms with van der Waals surface area (Å²) in [4.78, 5) is 28.6. The van der Waals surface area contributed by atoms with Gasteiger partial charge in [0.2, 0.25) is 5.91 Å². The van der Waals surface area contributed by atoms with Gasteiger partial charge in [-0.1, -0.05) is 18.2 Å². The third-order valence-electron chi connectivity index (χ3n) is 4.56. The highest BCUT2D eigenvalue weighted by molar-refractivity contribution is 5.96. The maximum atomic E-state index is 12.4. The van der Waals surface area contributed by atoms with Gasteiger partial charge in [-0.25, -0.2) is 4.79 Å². The summed E-state index contributed by atoms with van der Waals surface area (Å²) < 4.78 is 0. The molecule has 0 aliphatic carbocycles. The molecule has 0 saturated carbocycles. The summed E-state index contributed by atoms with van der Waals surface area (Å²) in [5.41, 5.74) is 1.72. The van der Waals surface area contributed by atoms with Gasteiger partial charge in [0.15, 0.2) is 0 Å². The number of benzene rings is 2. The molecule has 0 spiro atoms. The number of carbonyl (C=O) groups excluding carboxylic acids is 2. The number of nitrogens with one attached hydrogen (secondary N) is 2. The number of aromatic hydroxyl groups is 1. The Balaban J connectivity index is 1.47. The maximum absolute atomic E-state index is 12.4. The number of hydrogen-bond donors (Lipinski definition) is 3. The molecule has 3 rings (SSSR count). The minimum atomic E-state index is -0.668. The first kappa shape index (κ1) is 18.6. The fraction of sp³-hybridized carbons (Fsp3) is 0.300. The summed E-state index contributed by atoms with van der Waals surface area (Å²) in [5.74, 6) is -0.180. The lowest BCUT2D eigenvalue weighted by molar-refractivity contribution is -0.117. The molecule has 2 aromatic carbocycles. The molecule has 1 aliphatic heterocycles. The number of anilines is 2. The number of urea groups is 1. The van der Waals surface area contributed by atoms with Crippen LogP contribution in [0.5, 0.6) is 5.75 Å². The molecule has 1 heterocycles. The summed E-state index contributed by atoms with van der Waals surface area (Å²) in [5, 5.41) is 14.7. The molecule has 0 bridgehead atoms. The molecule has 0 radical (unpaired) electrons. The number of phenols is 1. The van der Waals surface area contributed by atoms with E-state index in [2.05, 4.69) is 27.7 Å². The number of hydrogen-bond acceptors (Lipinski definition) is 4. The Morgan fingerprint density at radius 1 is 0.963 bits per heavy atom. The number of para-hydroxylation sites is 1. The zero-order valence-electron chi connectivity index (χ0n) is 15.3. The predicted octanol–water partition coefficient (Wildman–Crippen LogP) is 2.25. The van der Waals surface area contributed by atoms with Crippen molar-refractivity contribution in [1.29, 1.82) is 0 Å². The van der Waals surface area contributed by atoms with Gasteiger partial charge >= 0.3 is 6.03 Å². The fourth-order valence-electron chi connectivity index (χ4n) is 2.94. The SMILES string of the molecule is CC(NC(=O)N1CCN(c2ccccc2)CC1)C(=O)Nc1ccc(O)cc1. The lowest BCUT2D eigenvalue weighted by atomic mass is 10.2. The second kappa shape index (κ2) is 8.44. The molecule has 142 valence electrons. The molecule has 0 aromatic heterocycles. The Hall–Kier alpha value is -3.22. The molecule has 1 aliphatic rings. The number of piperazine rings is 1. The van der Waals surface area contributed by atoms with Crippen LogP contribution in [0.3, 0.4) is 0 Å². The molecule has 27 heavy (non-hydrogen) atoms. The maximum Gasteiger partial charge on any atom is 0.318 e. The van der Waals surface area contributed by atoms with Gasteiger partial charge in [0.1, 0.15) is 11.8 Å². The van der Waals surface area contributed by atoms with Gasteiger partial charge in [-0.05, 0) is 43.3 Å². The van der Waals surface area contributed by atoms with E-state index in [0.717, 1.165) is 18.8 Å². The van der Waals surface area contributed by atoms with Crippen LogP contribution in [0.25, 0.3) is 0 Å². The quantitative estimate of drug-likeness (QED) is 0.723. The Morgan fingerprint density at radius 3 is 2.22 bits per heavy atom. The van der Waals surface area contributed by atoms with Crippen LogP contribution in [0.4, 0.5) is 16.2 Å². The van der Waals surface area contributed by atoms with E-state index < -0.39 is 6.04 Å². The molecular weight excluding hydrogens is 344 g/mol. The zero-order chi connectivity index (χ0) is 19.2. The highest BCUT2D eigenvalue weighted by Gasteiger charge is 2.24. The van der Waals surface area contributed by atoms with Crippen molar-refractivity contribution < 1.29 is 14.7 Å². The van der Waals surface area contributed by atoms with Gasteiger partial charge in [0.25, 0.3) is 0 Å². The van der Waals surface area contributed by atoms with Gasteiger partial charge in [0, 0.05) is 37.6 Å². The van der Waals surface area contributed by atoms with E-state index in [0.29, 0.717) is 18.8 Å². The monoisotopic (exact) mass is 368 g/mol. The minimum Gasteiger partial charge on any atom is -0.508 e. The number of amides is 3. The van der Waals surface area contributed by atoms with E-state index in [4.69, 9.17) is 0 Å². The third kappa shape index (κ3) is 4.91. The average molecular weight is 368 g/mol. The van der Waals surface area contributed by atoms with Crippen molar-refractivity contribution in [3.8, 4) is 5.75 Å². The molecule has 7 nitrogen and oxygen atoms in total. The predicted molar refractivity (Wildman–Crippen MR) is 105 cm³/mol. The Morgan fingerprint density at radius 2 is 1.59 bits per heavy atom. The third-order valence-corrected chi connectivity index (χ3v) is 4.56. The Kier molecular flexibility index (Phi) is 5.80. The Bertz CT molecular complexity index is 772. The summed E-state index contributed by atoms with van der Waals surface area (Å²) in [7, 11) is 0. The van der Waals surface area contributed by atoms with Crippen molar-refractivity contribution in [2.45, 2.75) is 13.0 Å². The van der Waals surface area contributed by atoms with Crippen LogP contribution in [0, 0.1) is 0 Å². The molecule has 1 saturated heterocycles.